The van der Waals surface area contributed by atoms with Crippen molar-refractivity contribution in [1.82, 2.24) is 0 Å². The van der Waals surface area contributed by atoms with Gasteiger partial charge in [-0.05, 0) is 6.92 Å². The average molecular weight is 218 g/mol. The fraction of sp³-hybridized carbons (Fsp3) is 0.182. The predicted octanol–water partition coefficient (Wildman–Crippen LogP) is 1.60. The first-order valence-electron chi connectivity index (χ1n) is 4.36. The van der Waals surface area contributed by atoms with Gasteiger partial charge >= 0.3 is 0 Å². The summed E-state index contributed by atoms with van der Waals surface area (Å²) in [4.78, 5) is 11.7. The van der Waals surface area contributed by atoms with E-state index in [0.717, 1.165) is 5.56 Å². The molecule has 15 heavy (non-hydrogen) atoms. The smallest absolute Gasteiger partial charge is 0.186 e. The summed E-state index contributed by atoms with van der Waals surface area (Å²) < 4.78 is 0. The van der Waals surface area contributed by atoms with Crippen LogP contribution in [0.5, 0.6) is 0 Å². The van der Waals surface area contributed by atoms with E-state index in [0.29, 0.717) is 5.56 Å². The van der Waals surface area contributed by atoms with Gasteiger partial charge in [0.25, 0.3) is 0 Å². The summed E-state index contributed by atoms with van der Waals surface area (Å²) >= 11 is 4.65. The Labute approximate surface area is 93.5 Å². The van der Waals surface area contributed by atoms with Crippen LogP contribution >= 0.6 is 12.2 Å². The van der Waals surface area contributed by atoms with Gasteiger partial charge in [-0.25, -0.2) is 0 Å². The normalized spacial score (nSPS) is 11.5. The van der Waals surface area contributed by atoms with Crippen molar-refractivity contribution >= 4 is 23.0 Å². The quantitative estimate of drug-likeness (QED) is 0.618. The molecule has 2 N–H and O–H groups in total. The summed E-state index contributed by atoms with van der Waals surface area (Å²) in [5, 5.41) is 8.74. The molecule has 0 spiro atoms. The molecular weight excluding hydrogens is 208 g/mol. The van der Waals surface area contributed by atoms with Crippen LogP contribution in [0.2, 0.25) is 0 Å². The molecule has 0 saturated heterocycles. The van der Waals surface area contributed by atoms with Crippen LogP contribution in [-0.4, -0.2) is 10.8 Å². The van der Waals surface area contributed by atoms with Gasteiger partial charge in [0.05, 0.1) is 11.1 Å². The van der Waals surface area contributed by atoms with Crippen molar-refractivity contribution < 1.29 is 4.79 Å². The van der Waals surface area contributed by atoms with E-state index in [1.165, 1.54) is 0 Å². The SMILES string of the molecule is Cc1ccc(C(=O)C(C#N)C(N)=S)cc1. The van der Waals surface area contributed by atoms with Crippen molar-refractivity contribution in [2.45, 2.75) is 6.92 Å². The van der Waals surface area contributed by atoms with Gasteiger partial charge in [-0.1, -0.05) is 42.0 Å². The number of hydrogen-bond donors (Lipinski definition) is 1. The first-order chi connectivity index (χ1) is 7.06. The Kier molecular flexibility index (Phi) is 3.53. The number of carbonyl (C=O) groups is 1. The lowest BCUT2D eigenvalue weighted by Crippen LogP contribution is -2.27. The molecule has 76 valence electrons. The Morgan fingerprint density at radius 1 is 1.47 bits per heavy atom. The van der Waals surface area contributed by atoms with Gasteiger partial charge in [0.1, 0.15) is 0 Å². The molecule has 1 atom stereocenters. The van der Waals surface area contributed by atoms with Gasteiger partial charge in [0, 0.05) is 5.56 Å². The molecule has 0 saturated carbocycles. The summed E-state index contributed by atoms with van der Waals surface area (Å²) in [5.41, 5.74) is 6.81. The third-order valence-corrected chi connectivity index (χ3v) is 2.25. The Hall–Kier alpha value is -1.73. The average Bonchev–Trinajstić information content (AvgIpc) is 2.19. The van der Waals surface area contributed by atoms with E-state index in [4.69, 9.17) is 11.0 Å². The highest BCUT2D eigenvalue weighted by molar-refractivity contribution is 7.80. The molecule has 0 aliphatic rings. The second-order valence-electron chi connectivity index (χ2n) is 3.19. The summed E-state index contributed by atoms with van der Waals surface area (Å²) in [5.74, 6) is -1.37. The number of Topliss-reactive ketones (excluding diaryl/α,β-unsaturated/α-hetero) is 1. The van der Waals surface area contributed by atoms with E-state index in [9.17, 15) is 4.79 Å². The van der Waals surface area contributed by atoms with Crippen LogP contribution in [0, 0.1) is 24.2 Å². The topological polar surface area (TPSA) is 66.9 Å². The van der Waals surface area contributed by atoms with Gasteiger partial charge in [0.15, 0.2) is 11.7 Å². The maximum Gasteiger partial charge on any atom is 0.186 e. The zero-order chi connectivity index (χ0) is 11.4. The van der Waals surface area contributed by atoms with Crippen molar-refractivity contribution in [2.75, 3.05) is 0 Å². The van der Waals surface area contributed by atoms with E-state index in [-0.39, 0.29) is 10.8 Å². The third kappa shape index (κ3) is 2.61. The van der Waals surface area contributed by atoms with Crippen molar-refractivity contribution in [1.29, 1.82) is 5.26 Å². The monoisotopic (exact) mass is 218 g/mol. The van der Waals surface area contributed by atoms with Crippen molar-refractivity contribution in [2.24, 2.45) is 11.7 Å². The molecule has 4 heteroatoms. The number of benzene rings is 1. The van der Waals surface area contributed by atoms with Gasteiger partial charge in [0.2, 0.25) is 0 Å². The number of nitrogens with two attached hydrogens (primary N) is 1. The minimum absolute atomic E-state index is 0.0805. The zero-order valence-electron chi connectivity index (χ0n) is 8.23. The maximum absolute atomic E-state index is 11.7. The number of nitriles is 1. The molecule has 3 nitrogen and oxygen atoms in total. The molecule has 1 rings (SSSR count). The van der Waals surface area contributed by atoms with E-state index in [1.807, 2.05) is 6.92 Å². The number of hydrogen-bond acceptors (Lipinski definition) is 3. The van der Waals surface area contributed by atoms with E-state index in [2.05, 4.69) is 12.2 Å². The Morgan fingerprint density at radius 2 is 2.00 bits per heavy atom. The standard InChI is InChI=1S/C11H10N2OS/c1-7-2-4-8(5-3-7)10(14)9(6-12)11(13)15/h2-5,9H,1H3,(H2,13,15). The highest BCUT2D eigenvalue weighted by Gasteiger charge is 2.21. The summed E-state index contributed by atoms with van der Waals surface area (Å²) in [7, 11) is 0. The van der Waals surface area contributed by atoms with E-state index < -0.39 is 5.92 Å². The lowest BCUT2D eigenvalue weighted by molar-refractivity contribution is 0.0975. The van der Waals surface area contributed by atoms with Gasteiger partial charge in [-0.2, -0.15) is 5.26 Å². The van der Waals surface area contributed by atoms with Crippen LogP contribution < -0.4 is 5.73 Å². The zero-order valence-corrected chi connectivity index (χ0v) is 9.04. The molecule has 0 aliphatic heterocycles. The molecule has 0 aliphatic carbocycles. The fourth-order valence-corrected chi connectivity index (χ4v) is 1.30. The Bertz CT molecular complexity index is 431. The number of rotatable bonds is 3. The van der Waals surface area contributed by atoms with Crippen LogP contribution in [0.1, 0.15) is 15.9 Å². The van der Waals surface area contributed by atoms with Crippen LogP contribution in [0.25, 0.3) is 0 Å². The highest BCUT2D eigenvalue weighted by atomic mass is 32.1. The second kappa shape index (κ2) is 4.67. The molecular formula is C11H10N2OS. The van der Waals surface area contributed by atoms with Crippen molar-refractivity contribution in [3.63, 3.8) is 0 Å². The lowest BCUT2D eigenvalue weighted by Gasteiger charge is -2.05. The van der Waals surface area contributed by atoms with E-state index in [1.54, 1.807) is 30.3 Å². The number of ketones is 1. The maximum atomic E-state index is 11.7. The number of aryl methyl sites for hydroxylation is 1. The second-order valence-corrected chi connectivity index (χ2v) is 3.67. The van der Waals surface area contributed by atoms with Crippen LogP contribution in [0.4, 0.5) is 0 Å². The molecule has 1 aromatic carbocycles. The van der Waals surface area contributed by atoms with Gasteiger partial charge in [-0.3, -0.25) is 4.79 Å². The molecule has 1 unspecified atom stereocenters. The van der Waals surface area contributed by atoms with Crippen LogP contribution in [0.15, 0.2) is 24.3 Å². The molecule has 0 amide bonds. The molecule has 1 aromatic rings. The molecule has 0 radical (unpaired) electrons. The first-order valence-corrected chi connectivity index (χ1v) is 4.77. The molecule has 0 aromatic heterocycles. The summed E-state index contributed by atoms with van der Waals surface area (Å²) in [6.07, 6.45) is 0. The molecule has 0 fully saturated rings. The molecule has 0 bridgehead atoms. The summed E-state index contributed by atoms with van der Waals surface area (Å²) in [6.45, 7) is 1.92. The number of thiocarbonyl (C=S) groups is 1. The fourth-order valence-electron chi connectivity index (χ4n) is 1.14. The highest BCUT2D eigenvalue weighted by Crippen LogP contribution is 2.10. The Balaban J connectivity index is 2.99. The largest absolute Gasteiger partial charge is 0.392 e. The minimum Gasteiger partial charge on any atom is -0.392 e. The lowest BCUT2D eigenvalue weighted by atomic mass is 9.98. The Morgan fingerprint density at radius 3 is 2.40 bits per heavy atom. The number of nitrogens with zero attached hydrogens (tertiary/aromatic N) is 1. The van der Waals surface area contributed by atoms with Crippen LogP contribution in [0.3, 0.4) is 0 Å². The summed E-state index contributed by atoms with van der Waals surface area (Å²) in [6, 6.07) is 8.75. The van der Waals surface area contributed by atoms with Gasteiger partial charge < -0.3 is 5.73 Å². The first kappa shape index (κ1) is 11.3. The molecule has 0 heterocycles. The van der Waals surface area contributed by atoms with Crippen molar-refractivity contribution in [3.8, 4) is 6.07 Å². The van der Waals surface area contributed by atoms with Crippen LogP contribution in [-0.2, 0) is 0 Å². The predicted molar refractivity (Wildman–Crippen MR) is 61.4 cm³/mol. The minimum atomic E-state index is -1.03. The van der Waals surface area contributed by atoms with Crippen molar-refractivity contribution in [3.05, 3.63) is 35.4 Å². The third-order valence-electron chi connectivity index (χ3n) is 2.01. The number of carbonyl (C=O) groups excluding carboxylic acids is 1. The van der Waals surface area contributed by atoms with Gasteiger partial charge in [-0.15, -0.1) is 0 Å². The van der Waals surface area contributed by atoms with E-state index >= 15 is 0 Å².